The first-order valence-electron chi connectivity index (χ1n) is 10.7. The van der Waals surface area contributed by atoms with Crippen molar-refractivity contribution in [1.29, 1.82) is 0 Å². The number of carbonyl (C=O) groups is 1. The molecule has 3 heterocycles. The van der Waals surface area contributed by atoms with Gasteiger partial charge in [0.15, 0.2) is 0 Å². The largest absolute Gasteiger partial charge is 0.458 e. The molecule has 1 aliphatic rings. The van der Waals surface area contributed by atoms with Gasteiger partial charge in [0.2, 0.25) is 18.3 Å². The molecule has 6 heteroatoms. The average molecular weight is 429 g/mol. The zero-order chi connectivity index (χ0) is 22.2. The van der Waals surface area contributed by atoms with Gasteiger partial charge in [-0.15, -0.1) is 0 Å². The van der Waals surface area contributed by atoms with Crippen LogP contribution in [0.25, 0.3) is 11.0 Å². The second-order valence-corrected chi connectivity index (χ2v) is 8.45. The maximum atomic E-state index is 12.9. The summed E-state index contributed by atoms with van der Waals surface area (Å²) in [4.78, 5) is 14.9. The van der Waals surface area contributed by atoms with E-state index in [0.29, 0.717) is 29.9 Å². The smallest absolute Gasteiger partial charge is 0.227 e. The van der Waals surface area contributed by atoms with Crippen molar-refractivity contribution < 1.29 is 24.3 Å². The predicted molar refractivity (Wildman–Crippen MR) is 118 cm³/mol. The number of aromatic nitrogens is 1. The Morgan fingerprint density at radius 3 is 2.72 bits per heavy atom. The number of fused-ring (bicyclic) bond motifs is 2. The van der Waals surface area contributed by atoms with Crippen LogP contribution < -0.4 is 4.73 Å². The number of pyridine rings is 1. The number of aryl methyl sites for hydroxylation is 1. The van der Waals surface area contributed by atoms with Crippen molar-refractivity contribution in [3.8, 4) is 0 Å². The van der Waals surface area contributed by atoms with Gasteiger partial charge in [-0.05, 0) is 48.2 Å². The fourth-order valence-corrected chi connectivity index (χ4v) is 4.32. The van der Waals surface area contributed by atoms with E-state index in [0.717, 1.165) is 28.6 Å². The van der Waals surface area contributed by atoms with Gasteiger partial charge in [0.25, 0.3) is 0 Å². The highest BCUT2D eigenvalue weighted by Gasteiger charge is 2.22. The Balaban J connectivity index is 1.31. The molecule has 2 aromatic carbocycles. The first-order chi connectivity index (χ1) is 15.5. The lowest BCUT2D eigenvalue weighted by Crippen LogP contribution is -2.36. The summed E-state index contributed by atoms with van der Waals surface area (Å²) in [5, 5.41) is 20.8. The SMILES string of the molecule is Cc1ccc2c(c1)CCN(C(=O)Cc1ccc3oc(C(O)c4cc[n+](O)cc4)cc3c1)C2. The van der Waals surface area contributed by atoms with Crippen LogP contribution in [-0.2, 0) is 24.2 Å². The summed E-state index contributed by atoms with van der Waals surface area (Å²) in [7, 11) is 0. The molecule has 32 heavy (non-hydrogen) atoms. The van der Waals surface area contributed by atoms with E-state index in [1.165, 1.54) is 29.1 Å². The molecule has 0 fully saturated rings. The number of hydrogen-bond donors (Lipinski definition) is 2. The van der Waals surface area contributed by atoms with Crippen molar-refractivity contribution in [3.63, 3.8) is 0 Å². The Labute approximate surface area is 185 Å². The third-order valence-corrected chi connectivity index (χ3v) is 6.11. The maximum Gasteiger partial charge on any atom is 0.227 e. The lowest BCUT2D eigenvalue weighted by Gasteiger charge is -2.29. The number of furan rings is 1. The van der Waals surface area contributed by atoms with Crippen molar-refractivity contribution in [1.82, 2.24) is 4.90 Å². The molecule has 1 aliphatic heterocycles. The highest BCUT2D eigenvalue weighted by Crippen LogP contribution is 2.29. The van der Waals surface area contributed by atoms with Crippen LogP contribution in [0.3, 0.4) is 0 Å². The summed E-state index contributed by atoms with van der Waals surface area (Å²) in [6.45, 7) is 3.49. The van der Waals surface area contributed by atoms with Gasteiger partial charge in [0, 0.05) is 40.9 Å². The summed E-state index contributed by atoms with van der Waals surface area (Å²) in [6, 6.07) is 17.2. The fourth-order valence-electron chi connectivity index (χ4n) is 4.32. The van der Waals surface area contributed by atoms with E-state index in [2.05, 4.69) is 25.1 Å². The Hall–Kier alpha value is -3.64. The maximum absolute atomic E-state index is 12.9. The first-order valence-corrected chi connectivity index (χ1v) is 10.7. The first kappa shape index (κ1) is 20.3. The second-order valence-electron chi connectivity index (χ2n) is 8.45. The highest BCUT2D eigenvalue weighted by molar-refractivity contribution is 5.83. The zero-order valence-corrected chi connectivity index (χ0v) is 17.9. The third-order valence-electron chi connectivity index (χ3n) is 6.11. The van der Waals surface area contributed by atoms with Crippen LogP contribution >= 0.6 is 0 Å². The van der Waals surface area contributed by atoms with E-state index < -0.39 is 6.10 Å². The van der Waals surface area contributed by atoms with Gasteiger partial charge in [-0.1, -0.05) is 29.8 Å². The van der Waals surface area contributed by atoms with Gasteiger partial charge in [-0.2, -0.15) is 0 Å². The van der Waals surface area contributed by atoms with Gasteiger partial charge in [-0.25, -0.2) is 0 Å². The minimum Gasteiger partial charge on any atom is -0.458 e. The molecule has 0 saturated heterocycles. The molecule has 4 aromatic rings. The number of nitrogens with zero attached hydrogens (tertiary/aromatic N) is 2. The van der Waals surface area contributed by atoms with Crippen LogP contribution in [-0.4, -0.2) is 27.7 Å². The lowest BCUT2D eigenvalue weighted by molar-refractivity contribution is -0.904. The van der Waals surface area contributed by atoms with Crippen molar-refractivity contribution in [2.24, 2.45) is 0 Å². The summed E-state index contributed by atoms with van der Waals surface area (Å²) >= 11 is 0. The molecule has 0 bridgehead atoms. The topological polar surface area (TPSA) is 77.8 Å². The molecule has 0 radical (unpaired) electrons. The van der Waals surface area contributed by atoms with E-state index in [4.69, 9.17) is 4.42 Å². The summed E-state index contributed by atoms with van der Waals surface area (Å²) < 4.78 is 6.74. The normalized spacial score (nSPS) is 14.4. The number of aliphatic hydroxyl groups excluding tert-OH is 1. The molecule has 1 unspecified atom stereocenters. The number of aliphatic hydroxyl groups is 1. The van der Waals surface area contributed by atoms with Gasteiger partial charge >= 0.3 is 0 Å². The molecule has 1 atom stereocenters. The van der Waals surface area contributed by atoms with E-state index in [1.54, 1.807) is 18.2 Å². The Bertz CT molecular complexity index is 1290. The molecule has 6 nitrogen and oxygen atoms in total. The predicted octanol–water partition coefficient (Wildman–Crippen LogP) is 3.48. The minimum absolute atomic E-state index is 0.112. The van der Waals surface area contributed by atoms with Crippen LogP contribution in [0, 0.1) is 6.92 Å². The fraction of sp³-hybridized carbons (Fsp3) is 0.231. The van der Waals surface area contributed by atoms with E-state index >= 15 is 0 Å². The van der Waals surface area contributed by atoms with Crippen LogP contribution in [0.1, 0.15) is 39.7 Å². The molecule has 0 saturated carbocycles. The third kappa shape index (κ3) is 3.97. The summed E-state index contributed by atoms with van der Waals surface area (Å²) in [5.41, 5.74) is 6.01. The van der Waals surface area contributed by atoms with Crippen molar-refractivity contribution in [3.05, 3.63) is 101 Å². The van der Waals surface area contributed by atoms with E-state index in [-0.39, 0.29) is 5.91 Å². The summed E-state index contributed by atoms with van der Waals surface area (Å²) in [5.74, 6) is 0.531. The molecule has 1 amide bonds. The Morgan fingerprint density at radius 2 is 1.91 bits per heavy atom. The molecular weight excluding hydrogens is 404 g/mol. The van der Waals surface area contributed by atoms with E-state index in [1.807, 2.05) is 23.1 Å². The number of rotatable bonds is 4. The van der Waals surface area contributed by atoms with Crippen LogP contribution in [0.15, 0.2) is 71.4 Å². The van der Waals surface area contributed by atoms with Gasteiger partial charge in [-0.3, -0.25) is 10.0 Å². The molecule has 0 spiro atoms. The molecule has 2 aromatic heterocycles. The standard InChI is InChI=1S/C26H25N2O4/c1-17-2-4-21-16-27(9-6-20(21)12-17)25(29)14-18-3-5-23-22(13-18)15-24(32-23)26(30)19-7-10-28(31)11-8-19/h2-5,7-8,10-13,15,26,30-31H,6,9,14,16H2,1H3/q+1. The lowest BCUT2D eigenvalue weighted by atomic mass is 9.97. The number of carbonyl (C=O) groups excluding carboxylic acids is 1. The molecule has 5 rings (SSSR count). The Kier molecular flexibility index (Phi) is 5.15. The summed E-state index contributed by atoms with van der Waals surface area (Å²) in [6.07, 6.45) is 3.18. The zero-order valence-electron chi connectivity index (χ0n) is 17.9. The minimum atomic E-state index is -0.939. The van der Waals surface area contributed by atoms with Crippen LogP contribution in [0.2, 0.25) is 0 Å². The number of hydrogen-bond acceptors (Lipinski definition) is 4. The van der Waals surface area contributed by atoms with Gasteiger partial charge < -0.3 is 14.4 Å². The van der Waals surface area contributed by atoms with Crippen molar-refractivity contribution >= 4 is 16.9 Å². The molecule has 2 N–H and O–H groups in total. The van der Waals surface area contributed by atoms with Crippen LogP contribution in [0.4, 0.5) is 0 Å². The number of benzene rings is 2. The molecule has 0 aliphatic carbocycles. The van der Waals surface area contributed by atoms with Gasteiger partial charge in [0.05, 0.1) is 6.42 Å². The number of amides is 1. The van der Waals surface area contributed by atoms with Crippen molar-refractivity contribution in [2.45, 2.75) is 32.4 Å². The second kappa shape index (κ2) is 8.13. The average Bonchev–Trinajstić information content (AvgIpc) is 3.22. The van der Waals surface area contributed by atoms with Crippen LogP contribution in [0.5, 0.6) is 0 Å². The van der Waals surface area contributed by atoms with Gasteiger partial charge in [0.1, 0.15) is 17.4 Å². The monoisotopic (exact) mass is 429 g/mol. The molecule has 162 valence electrons. The quantitative estimate of drug-likeness (QED) is 0.385. The highest BCUT2D eigenvalue weighted by atomic mass is 16.5. The molecular formula is C26H25N2O4+. The van der Waals surface area contributed by atoms with E-state index in [9.17, 15) is 15.1 Å². The Morgan fingerprint density at radius 1 is 1.09 bits per heavy atom. The van der Waals surface area contributed by atoms with Crippen molar-refractivity contribution in [2.75, 3.05) is 6.54 Å².